The molecule has 0 aliphatic rings. The third-order valence-corrected chi connectivity index (χ3v) is 4.09. The molecule has 2 aromatic carbocycles. The lowest BCUT2D eigenvalue weighted by Gasteiger charge is -1.98. The van der Waals surface area contributed by atoms with Gasteiger partial charge < -0.3 is 0 Å². The SMILES string of the molecule is O=c1c2ccccc2n2ccnc2c2cc(Cl)cc(Cl)c12. The number of hydrogen-bond acceptors (Lipinski definition) is 2. The lowest BCUT2D eigenvalue weighted by Crippen LogP contribution is -1.99. The highest BCUT2D eigenvalue weighted by molar-refractivity contribution is 6.39. The van der Waals surface area contributed by atoms with Crippen LogP contribution in [-0.2, 0) is 0 Å². The molecule has 4 rings (SSSR count). The van der Waals surface area contributed by atoms with Gasteiger partial charge >= 0.3 is 0 Å². The number of halogens is 2. The Morgan fingerprint density at radius 3 is 2.71 bits per heavy atom. The molecule has 0 bridgehead atoms. The second kappa shape index (κ2) is 4.45. The van der Waals surface area contributed by atoms with E-state index in [9.17, 15) is 4.79 Å². The van der Waals surface area contributed by atoms with E-state index in [2.05, 4.69) is 4.98 Å². The van der Waals surface area contributed by atoms with Crippen LogP contribution in [0.25, 0.3) is 27.3 Å². The Morgan fingerprint density at radius 1 is 1.05 bits per heavy atom. The molecule has 2 heterocycles. The van der Waals surface area contributed by atoms with Crippen LogP contribution in [0.2, 0.25) is 10.0 Å². The van der Waals surface area contributed by atoms with E-state index in [-0.39, 0.29) is 5.43 Å². The molecule has 0 atom stereocenters. The monoisotopic (exact) mass is 314 g/mol. The van der Waals surface area contributed by atoms with Crippen LogP contribution in [0.1, 0.15) is 0 Å². The summed E-state index contributed by atoms with van der Waals surface area (Å²) in [5, 5.41) is 2.51. The molecule has 0 saturated heterocycles. The van der Waals surface area contributed by atoms with Gasteiger partial charge in [-0.3, -0.25) is 9.20 Å². The van der Waals surface area contributed by atoms with Crippen LogP contribution >= 0.6 is 23.2 Å². The number of rotatable bonds is 0. The number of benzene rings is 2. The summed E-state index contributed by atoms with van der Waals surface area (Å²) in [4.78, 5) is 17.2. The van der Waals surface area contributed by atoms with E-state index in [1.165, 1.54) is 0 Å². The maximum absolute atomic E-state index is 12.9. The van der Waals surface area contributed by atoms with Crippen molar-refractivity contribution >= 4 is 50.5 Å². The summed E-state index contributed by atoms with van der Waals surface area (Å²) in [6.45, 7) is 0. The molecule has 0 spiro atoms. The van der Waals surface area contributed by atoms with Crippen molar-refractivity contribution < 1.29 is 0 Å². The number of aromatic nitrogens is 2. The summed E-state index contributed by atoms with van der Waals surface area (Å²) >= 11 is 12.4. The molecular weight excluding hydrogens is 307 g/mol. The molecule has 5 heteroatoms. The highest BCUT2D eigenvalue weighted by atomic mass is 35.5. The van der Waals surface area contributed by atoms with E-state index < -0.39 is 0 Å². The number of hydrogen-bond donors (Lipinski definition) is 0. The second-order valence-electron chi connectivity index (χ2n) is 4.78. The van der Waals surface area contributed by atoms with Crippen molar-refractivity contribution in [3.8, 4) is 0 Å². The Labute approximate surface area is 129 Å². The highest BCUT2D eigenvalue weighted by Crippen LogP contribution is 2.29. The Balaban J connectivity index is 2.53. The zero-order valence-corrected chi connectivity index (χ0v) is 12.2. The molecular formula is C16H8Cl2N2O. The van der Waals surface area contributed by atoms with Gasteiger partial charge in [0, 0.05) is 28.2 Å². The molecule has 0 saturated carbocycles. The highest BCUT2D eigenvalue weighted by Gasteiger charge is 2.12. The van der Waals surface area contributed by atoms with Gasteiger partial charge in [-0.25, -0.2) is 4.98 Å². The maximum Gasteiger partial charge on any atom is 0.197 e. The van der Waals surface area contributed by atoms with Gasteiger partial charge in [0.25, 0.3) is 0 Å². The topological polar surface area (TPSA) is 34.4 Å². The van der Waals surface area contributed by atoms with Crippen molar-refractivity contribution in [1.82, 2.24) is 9.38 Å². The maximum atomic E-state index is 12.9. The zero-order valence-electron chi connectivity index (χ0n) is 10.7. The van der Waals surface area contributed by atoms with Crippen molar-refractivity contribution in [3.63, 3.8) is 0 Å². The Kier molecular flexibility index (Phi) is 2.67. The molecule has 3 nitrogen and oxygen atoms in total. The molecule has 0 unspecified atom stereocenters. The minimum atomic E-state index is -0.118. The van der Waals surface area contributed by atoms with Gasteiger partial charge in [-0.2, -0.15) is 0 Å². The van der Waals surface area contributed by atoms with Gasteiger partial charge in [-0.15, -0.1) is 0 Å². The van der Waals surface area contributed by atoms with Crippen LogP contribution in [0.15, 0.2) is 53.6 Å². The quantitative estimate of drug-likeness (QED) is 0.485. The van der Waals surface area contributed by atoms with Crippen molar-refractivity contribution in [3.05, 3.63) is 69.1 Å². The van der Waals surface area contributed by atoms with Crippen molar-refractivity contribution in [1.29, 1.82) is 0 Å². The molecule has 0 aliphatic carbocycles. The number of fused-ring (bicyclic) bond motifs is 5. The van der Waals surface area contributed by atoms with E-state index in [0.717, 1.165) is 5.52 Å². The van der Waals surface area contributed by atoms with E-state index in [1.54, 1.807) is 24.4 Å². The number of nitrogens with zero attached hydrogens (tertiary/aromatic N) is 2. The standard InChI is InChI=1S/C16H8Cl2N2O/c17-9-7-11-14(12(18)8-9)15(21)10-3-1-2-4-13(10)20-6-5-19-16(11)20/h1-8H. The van der Waals surface area contributed by atoms with Crippen LogP contribution in [0.3, 0.4) is 0 Å². The van der Waals surface area contributed by atoms with Crippen LogP contribution in [0.4, 0.5) is 0 Å². The summed E-state index contributed by atoms with van der Waals surface area (Å²) in [5.41, 5.74) is 1.33. The second-order valence-corrected chi connectivity index (χ2v) is 5.62. The predicted molar refractivity (Wildman–Crippen MR) is 86.5 cm³/mol. The van der Waals surface area contributed by atoms with Crippen LogP contribution in [-0.4, -0.2) is 9.38 Å². The minimum Gasteiger partial charge on any atom is -0.299 e. The van der Waals surface area contributed by atoms with Crippen LogP contribution < -0.4 is 5.43 Å². The molecule has 4 aromatic rings. The first-order valence-electron chi connectivity index (χ1n) is 6.33. The van der Waals surface area contributed by atoms with Gasteiger partial charge in [0.05, 0.1) is 15.9 Å². The fourth-order valence-corrected chi connectivity index (χ4v) is 3.27. The molecule has 0 amide bonds. The van der Waals surface area contributed by atoms with Gasteiger partial charge in [-0.05, 0) is 24.3 Å². The first-order chi connectivity index (χ1) is 10.2. The number of para-hydroxylation sites is 1. The third-order valence-electron chi connectivity index (χ3n) is 3.57. The largest absolute Gasteiger partial charge is 0.299 e. The van der Waals surface area contributed by atoms with Crippen molar-refractivity contribution in [2.45, 2.75) is 0 Å². The van der Waals surface area contributed by atoms with Crippen molar-refractivity contribution in [2.24, 2.45) is 0 Å². The summed E-state index contributed by atoms with van der Waals surface area (Å²) in [6, 6.07) is 10.7. The summed E-state index contributed by atoms with van der Waals surface area (Å²) < 4.78 is 1.88. The van der Waals surface area contributed by atoms with Crippen molar-refractivity contribution in [2.75, 3.05) is 0 Å². The van der Waals surface area contributed by atoms with Crippen LogP contribution in [0, 0.1) is 0 Å². The van der Waals surface area contributed by atoms with Gasteiger partial charge in [-0.1, -0.05) is 35.3 Å². The molecule has 0 radical (unpaired) electrons. The molecule has 0 N–H and O–H groups in total. The van der Waals surface area contributed by atoms with E-state index in [1.807, 2.05) is 28.8 Å². The molecule has 0 fully saturated rings. The van der Waals surface area contributed by atoms with Gasteiger partial charge in [0.1, 0.15) is 5.65 Å². The molecule has 0 aliphatic heterocycles. The summed E-state index contributed by atoms with van der Waals surface area (Å²) in [5.74, 6) is 0. The lowest BCUT2D eigenvalue weighted by atomic mass is 10.1. The minimum absolute atomic E-state index is 0.118. The first kappa shape index (κ1) is 12.6. The average molecular weight is 315 g/mol. The summed E-state index contributed by atoms with van der Waals surface area (Å²) in [7, 11) is 0. The zero-order chi connectivity index (χ0) is 14.6. The normalized spacial score (nSPS) is 11.5. The third kappa shape index (κ3) is 1.75. The van der Waals surface area contributed by atoms with Gasteiger partial charge in [0.2, 0.25) is 0 Å². The predicted octanol–water partition coefficient (Wildman–Crippen LogP) is 4.31. The van der Waals surface area contributed by atoms with Crippen LogP contribution in [0.5, 0.6) is 0 Å². The lowest BCUT2D eigenvalue weighted by molar-refractivity contribution is 1.28. The summed E-state index contributed by atoms with van der Waals surface area (Å²) in [6.07, 6.45) is 3.52. The fourth-order valence-electron chi connectivity index (χ4n) is 2.69. The number of imidazole rings is 1. The van der Waals surface area contributed by atoms with E-state index in [0.29, 0.717) is 31.9 Å². The van der Waals surface area contributed by atoms with E-state index in [4.69, 9.17) is 23.2 Å². The smallest absolute Gasteiger partial charge is 0.197 e. The Morgan fingerprint density at radius 2 is 1.86 bits per heavy atom. The fraction of sp³-hybridized carbons (Fsp3) is 0. The average Bonchev–Trinajstić information content (AvgIpc) is 2.91. The Bertz CT molecular complexity index is 1090. The molecule has 102 valence electrons. The van der Waals surface area contributed by atoms with E-state index >= 15 is 0 Å². The Hall–Kier alpha value is -2.10. The van der Waals surface area contributed by atoms with Gasteiger partial charge in [0.15, 0.2) is 5.43 Å². The molecule has 21 heavy (non-hydrogen) atoms. The molecule has 2 aromatic heterocycles. The first-order valence-corrected chi connectivity index (χ1v) is 7.09.